The van der Waals surface area contributed by atoms with E-state index in [2.05, 4.69) is 15.8 Å². The second kappa shape index (κ2) is 14.5. The molecule has 2 aliphatic heterocycles. The molecular formula is C33H46ClN5O8. The molecular weight excluding hydrogens is 630 g/mol. The van der Waals surface area contributed by atoms with E-state index in [9.17, 15) is 24.0 Å². The van der Waals surface area contributed by atoms with Crippen molar-refractivity contribution < 1.29 is 38.3 Å². The number of hydrogen-bond donors (Lipinski definition) is 3. The summed E-state index contributed by atoms with van der Waals surface area (Å²) in [5.74, 6) is -2.75. The van der Waals surface area contributed by atoms with E-state index in [1.54, 1.807) is 39.8 Å². The number of primary amides is 1. The zero-order valence-corrected chi connectivity index (χ0v) is 28.7. The Morgan fingerprint density at radius 1 is 1.17 bits per heavy atom. The number of nitrogens with one attached hydrogen (secondary N) is 2. The summed E-state index contributed by atoms with van der Waals surface area (Å²) in [5.41, 5.74) is 5.56. The van der Waals surface area contributed by atoms with Crippen molar-refractivity contribution in [2.45, 2.75) is 116 Å². The smallest absolute Gasteiger partial charge is 0.408 e. The lowest BCUT2D eigenvalue weighted by atomic mass is 9.85. The predicted octanol–water partition coefficient (Wildman–Crippen LogP) is 3.54. The summed E-state index contributed by atoms with van der Waals surface area (Å²) in [6, 6.07) is 0.191. The van der Waals surface area contributed by atoms with Gasteiger partial charge < -0.3 is 35.6 Å². The van der Waals surface area contributed by atoms with Crippen LogP contribution in [0, 0.1) is 12.3 Å². The first-order valence-corrected chi connectivity index (χ1v) is 16.5. The van der Waals surface area contributed by atoms with Crippen molar-refractivity contribution in [3.63, 3.8) is 0 Å². The van der Waals surface area contributed by atoms with E-state index in [0.29, 0.717) is 22.9 Å². The number of nitrogens with zero attached hydrogens (tertiary/aromatic N) is 2. The molecule has 2 fully saturated rings. The maximum Gasteiger partial charge on any atom is 0.408 e. The van der Waals surface area contributed by atoms with Crippen molar-refractivity contribution in [2.24, 2.45) is 16.3 Å². The van der Waals surface area contributed by atoms with Crippen LogP contribution in [-0.4, -0.2) is 83.7 Å². The van der Waals surface area contributed by atoms with Gasteiger partial charge in [-0.25, -0.2) is 4.79 Å². The highest BCUT2D eigenvalue weighted by Gasteiger charge is 2.56. The molecule has 1 saturated carbocycles. The molecule has 2 heterocycles. The van der Waals surface area contributed by atoms with Crippen LogP contribution < -0.4 is 21.1 Å². The Hall–Kier alpha value is -3.87. The summed E-state index contributed by atoms with van der Waals surface area (Å²) >= 11 is 6.42. The molecule has 4 N–H and O–H groups in total. The van der Waals surface area contributed by atoms with E-state index >= 15 is 0 Å². The van der Waals surface area contributed by atoms with Gasteiger partial charge in [0.1, 0.15) is 23.9 Å². The number of carbonyl (C=O) groups is 5. The number of methoxy groups -OCH3 is 1. The SMILES string of the molecule is CCC[C@H](NC(=O)[C@@H]1C[C@]2(CC(c3cc(Cl)c(OC)cc3C)=NO2)CN1C(=O)[C@@H](NC(=O)OC1CCCC1)C(C)(C)C)C(=O)C(N)=O. The second-order valence-corrected chi connectivity index (χ2v) is 14.2. The van der Waals surface area contributed by atoms with Gasteiger partial charge in [0, 0.05) is 18.4 Å². The molecule has 258 valence electrons. The Labute approximate surface area is 280 Å². The monoisotopic (exact) mass is 675 g/mol. The molecule has 1 spiro atoms. The molecule has 4 rings (SSSR count). The molecule has 3 aliphatic rings. The van der Waals surface area contributed by atoms with Crippen LogP contribution in [0.5, 0.6) is 5.75 Å². The third-order valence-corrected chi connectivity index (χ3v) is 9.33. The number of ether oxygens (including phenoxy) is 2. The number of rotatable bonds is 11. The fourth-order valence-corrected chi connectivity index (χ4v) is 6.76. The van der Waals surface area contributed by atoms with E-state index in [-0.39, 0.29) is 31.9 Å². The van der Waals surface area contributed by atoms with Crippen LogP contribution in [0.1, 0.15) is 90.2 Å². The van der Waals surface area contributed by atoms with Crippen LogP contribution in [0.15, 0.2) is 17.3 Å². The number of amides is 4. The van der Waals surface area contributed by atoms with Crippen LogP contribution in [0.3, 0.4) is 0 Å². The molecule has 1 aliphatic carbocycles. The fraction of sp³-hybridized carbons (Fsp3) is 0.636. The maximum absolute atomic E-state index is 14.4. The summed E-state index contributed by atoms with van der Waals surface area (Å²) in [5, 5.41) is 10.2. The largest absolute Gasteiger partial charge is 0.495 e. The van der Waals surface area contributed by atoms with E-state index in [4.69, 9.17) is 31.6 Å². The predicted molar refractivity (Wildman–Crippen MR) is 174 cm³/mol. The van der Waals surface area contributed by atoms with Gasteiger partial charge in [-0.2, -0.15) is 0 Å². The number of nitrogens with two attached hydrogens (primary N) is 1. The quantitative estimate of drug-likeness (QED) is 0.298. The number of likely N-dealkylation sites (tertiary alicyclic amines) is 1. The number of ketones is 1. The first-order chi connectivity index (χ1) is 22.1. The summed E-state index contributed by atoms with van der Waals surface area (Å²) < 4.78 is 10.9. The molecule has 4 amide bonds. The molecule has 0 radical (unpaired) electrons. The highest BCUT2D eigenvalue weighted by molar-refractivity contribution is 6.37. The van der Waals surface area contributed by atoms with Gasteiger partial charge in [0.05, 0.1) is 30.4 Å². The average molecular weight is 676 g/mol. The minimum Gasteiger partial charge on any atom is -0.495 e. The summed E-state index contributed by atoms with van der Waals surface area (Å²) in [6.45, 7) is 9.07. The summed E-state index contributed by atoms with van der Waals surface area (Å²) in [6.07, 6.45) is 3.50. The van der Waals surface area contributed by atoms with Crippen molar-refractivity contribution in [1.29, 1.82) is 0 Å². The van der Waals surface area contributed by atoms with Crippen molar-refractivity contribution in [2.75, 3.05) is 13.7 Å². The Bertz CT molecular complexity index is 1440. The van der Waals surface area contributed by atoms with Gasteiger partial charge in [-0.05, 0) is 62.1 Å². The van der Waals surface area contributed by atoms with E-state index in [0.717, 1.165) is 36.8 Å². The molecule has 47 heavy (non-hydrogen) atoms. The minimum absolute atomic E-state index is 0.0337. The molecule has 4 atom stereocenters. The van der Waals surface area contributed by atoms with Crippen LogP contribution in [-0.2, 0) is 28.8 Å². The van der Waals surface area contributed by atoms with Gasteiger partial charge in [-0.1, -0.05) is 50.9 Å². The van der Waals surface area contributed by atoms with Crippen LogP contribution in [0.2, 0.25) is 5.02 Å². The number of alkyl carbamates (subject to hydrolysis) is 1. The van der Waals surface area contributed by atoms with Gasteiger partial charge in [0.25, 0.3) is 5.91 Å². The number of oxime groups is 1. The molecule has 0 bridgehead atoms. The molecule has 1 saturated heterocycles. The van der Waals surface area contributed by atoms with Crippen LogP contribution in [0.25, 0.3) is 0 Å². The van der Waals surface area contributed by atoms with E-state index in [1.807, 2.05) is 6.92 Å². The van der Waals surface area contributed by atoms with Crippen molar-refractivity contribution >= 4 is 46.9 Å². The number of carbonyl (C=O) groups excluding carboxylic acids is 5. The molecule has 1 aromatic rings. The number of Topliss-reactive ketones (excluding diaryl/α,β-unsaturated/α-hetero) is 1. The molecule has 14 heteroatoms. The van der Waals surface area contributed by atoms with Gasteiger partial charge >= 0.3 is 6.09 Å². The normalized spacial score (nSPS) is 22.3. The van der Waals surface area contributed by atoms with Gasteiger partial charge in [-0.15, -0.1) is 0 Å². The third kappa shape index (κ3) is 8.17. The minimum atomic E-state index is -1.16. The lowest BCUT2D eigenvalue weighted by Gasteiger charge is -2.35. The summed E-state index contributed by atoms with van der Waals surface area (Å²) in [4.78, 5) is 73.0. The highest BCUT2D eigenvalue weighted by atomic mass is 35.5. The number of hydrogen-bond acceptors (Lipinski definition) is 9. The number of halogens is 1. The average Bonchev–Trinajstić information content (AvgIpc) is 3.76. The molecule has 1 aromatic carbocycles. The first-order valence-electron chi connectivity index (χ1n) is 16.1. The lowest BCUT2D eigenvalue weighted by Crippen LogP contribution is -2.59. The molecule has 13 nitrogen and oxygen atoms in total. The number of aryl methyl sites for hydroxylation is 1. The van der Waals surface area contributed by atoms with Crippen LogP contribution in [0.4, 0.5) is 4.79 Å². The van der Waals surface area contributed by atoms with Crippen molar-refractivity contribution in [3.8, 4) is 5.75 Å². The summed E-state index contributed by atoms with van der Waals surface area (Å²) in [7, 11) is 1.52. The zero-order valence-electron chi connectivity index (χ0n) is 27.9. The fourth-order valence-electron chi connectivity index (χ4n) is 6.52. The Morgan fingerprint density at radius 3 is 2.45 bits per heavy atom. The Balaban J connectivity index is 1.64. The topological polar surface area (TPSA) is 179 Å². The van der Waals surface area contributed by atoms with Crippen molar-refractivity contribution in [1.82, 2.24) is 15.5 Å². The van der Waals surface area contributed by atoms with Gasteiger partial charge in [0.2, 0.25) is 17.6 Å². The van der Waals surface area contributed by atoms with E-state index in [1.165, 1.54) is 12.0 Å². The standard InChI is InChI=1S/C33H46ClN5O8/c1-7-10-22(26(40)28(35)41)36-29(42)24-16-33(15-23(38-47-33)20-14-21(34)25(45-6)13-18(20)2)17-39(24)30(43)27(32(3,4)5)37-31(44)46-19-11-8-9-12-19/h13-14,19,22,24,27H,7-12,15-17H2,1-6H3,(H2,35,41)(H,36,42)(H,37,44)/t22-,24-,27+,33+/m0/s1. The second-order valence-electron chi connectivity index (χ2n) is 13.8. The van der Waals surface area contributed by atoms with Gasteiger partial charge in [0.15, 0.2) is 5.60 Å². The molecule has 0 aromatic heterocycles. The third-order valence-electron chi connectivity index (χ3n) is 9.04. The lowest BCUT2D eigenvalue weighted by molar-refractivity contribution is -0.143. The van der Waals surface area contributed by atoms with Crippen LogP contribution >= 0.6 is 11.6 Å². The maximum atomic E-state index is 14.4. The zero-order chi connectivity index (χ0) is 34.7. The number of benzene rings is 1. The van der Waals surface area contributed by atoms with E-state index < -0.39 is 58.7 Å². The molecule has 0 unspecified atom stereocenters. The van der Waals surface area contributed by atoms with Crippen molar-refractivity contribution in [3.05, 3.63) is 28.3 Å². The Morgan fingerprint density at radius 2 is 1.85 bits per heavy atom. The first kappa shape index (κ1) is 36.0. The highest BCUT2D eigenvalue weighted by Crippen LogP contribution is 2.41. The van der Waals surface area contributed by atoms with Gasteiger partial charge in [-0.3, -0.25) is 19.2 Å². The Kier molecular flexibility index (Phi) is 11.1.